The number of benzene rings is 2. The van der Waals surface area contributed by atoms with Crippen molar-refractivity contribution < 1.29 is 4.79 Å². The molecule has 2 N–H and O–H groups in total. The lowest BCUT2D eigenvalue weighted by Crippen LogP contribution is -2.25. The predicted molar refractivity (Wildman–Crippen MR) is 101 cm³/mol. The van der Waals surface area contributed by atoms with Crippen LogP contribution in [-0.4, -0.2) is 10.9 Å². The Bertz CT molecular complexity index is 959. The highest BCUT2D eigenvalue weighted by Gasteiger charge is 2.18. The van der Waals surface area contributed by atoms with E-state index in [4.69, 9.17) is 0 Å². The Morgan fingerprint density at radius 2 is 1.80 bits per heavy atom. The van der Waals surface area contributed by atoms with Crippen LogP contribution in [0.25, 0.3) is 11.1 Å². The first-order valence-electron chi connectivity index (χ1n) is 8.28. The molecule has 25 heavy (non-hydrogen) atoms. The molecule has 3 rings (SSSR count). The average molecular weight is 332 g/mol. The maximum atomic E-state index is 12.9. The molecule has 4 heteroatoms. The summed E-state index contributed by atoms with van der Waals surface area (Å²) in [5, 5.41) is 2.94. The average Bonchev–Trinajstić information content (AvgIpc) is 2.63. The SMILES string of the molecule is CCc1cccc(C)c1NC(=O)c1c(-c2ccccc2)cc[nH]c1=O. The fourth-order valence-electron chi connectivity index (χ4n) is 2.94. The van der Waals surface area contributed by atoms with E-state index in [9.17, 15) is 9.59 Å². The van der Waals surface area contributed by atoms with Gasteiger partial charge in [-0.25, -0.2) is 0 Å². The number of H-pyrrole nitrogens is 1. The van der Waals surface area contributed by atoms with Gasteiger partial charge in [-0.1, -0.05) is 55.5 Å². The molecule has 126 valence electrons. The fraction of sp³-hybridized carbons (Fsp3) is 0.143. The van der Waals surface area contributed by atoms with Crippen LogP contribution in [0.5, 0.6) is 0 Å². The van der Waals surface area contributed by atoms with Gasteiger partial charge in [-0.3, -0.25) is 9.59 Å². The van der Waals surface area contributed by atoms with Gasteiger partial charge in [0.1, 0.15) is 5.56 Å². The van der Waals surface area contributed by atoms with Gasteiger partial charge in [0.05, 0.1) is 0 Å². The third-order valence-corrected chi connectivity index (χ3v) is 4.25. The molecule has 1 amide bonds. The molecule has 0 saturated carbocycles. The fourth-order valence-corrected chi connectivity index (χ4v) is 2.94. The van der Waals surface area contributed by atoms with Crippen LogP contribution in [-0.2, 0) is 6.42 Å². The topological polar surface area (TPSA) is 62.0 Å². The number of aryl methyl sites for hydroxylation is 2. The molecule has 1 aromatic heterocycles. The van der Waals surface area contributed by atoms with Crippen molar-refractivity contribution in [3.8, 4) is 11.1 Å². The molecule has 0 unspecified atom stereocenters. The van der Waals surface area contributed by atoms with E-state index in [-0.39, 0.29) is 5.56 Å². The van der Waals surface area contributed by atoms with Crippen molar-refractivity contribution >= 4 is 11.6 Å². The van der Waals surface area contributed by atoms with Crippen molar-refractivity contribution in [2.24, 2.45) is 0 Å². The second-order valence-corrected chi connectivity index (χ2v) is 5.88. The molecule has 0 aliphatic heterocycles. The third-order valence-electron chi connectivity index (χ3n) is 4.25. The summed E-state index contributed by atoms with van der Waals surface area (Å²) in [5.74, 6) is -0.398. The van der Waals surface area contributed by atoms with Gasteiger partial charge in [-0.2, -0.15) is 0 Å². The van der Waals surface area contributed by atoms with E-state index in [1.807, 2.05) is 62.4 Å². The van der Waals surface area contributed by atoms with Crippen LogP contribution < -0.4 is 10.9 Å². The van der Waals surface area contributed by atoms with E-state index < -0.39 is 11.5 Å². The molecule has 0 radical (unpaired) electrons. The van der Waals surface area contributed by atoms with E-state index in [0.717, 1.165) is 28.8 Å². The number of nitrogens with one attached hydrogen (secondary N) is 2. The lowest BCUT2D eigenvalue weighted by atomic mass is 10.0. The van der Waals surface area contributed by atoms with Crippen molar-refractivity contribution in [3.63, 3.8) is 0 Å². The molecule has 0 atom stereocenters. The number of pyridine rings is 1. The van der Waals surface area contributed by atoms with E-state index in [2.05, 4.69) is 10.3 Å². The third kappa shape index (κ3) is 3.38. The molecule has 0 spiro atoms. The van der Waals surface area contributed by atoms with E-state index in [0.29, 0.717) is 5.56 Å². The van der Waals surface area contributed by atoms with Gasteiger partial charge in [0.25, 0.3) is 11.5 Å². The number of rotatable bonds is 4. The van der Waals surface area contributed by atoms with Crippen LogP contribution in [0.15, 0.2) is 65.6 Å². The maximum absolute atomic E-state index is 12.9. The van der Waals surface area contributed by atoms with E-state index in [1.165, 1.54) is 0 Å². The largest absolute Gasteiger partial charge is 0.328 e. The first-order chi connectivity index (χ1) is 12.1. The Hall–Kier alpha value is -3.14. The summed E-state index contributed by atoms with van der Waals surface area (Å²) in [7, 11) is 0. The number of carbonyl (C=O) groups is 1. The summed E-state index contributed by atoms with van der Waals surface area (Å²) in [6.45, 7) is 3.98. The smallest absolute Gasteiger partial charge is 0.261 e. The molecule has 0 aliphatic carbocycles. The summed E-state index contributed by atoms with van der Waals surface area (Å²) in [6.07, 6.45) is 2.36. The molecule has 4 nitrogen and oxygen atoms in total. The van der Waals surface area contributed by atoms with Crippen LogP contribution in [0, 0.1) is 6.92 Å². The minimum Gasteiger partial charge on any atom is -0.328 e. The first kappa shape index (κ1) is 16.7. The number of aromatic nitrogens is 1. The Morgan fingerprint density at radius 1 is 1.04 bits per heavy atom. The molecule has 2 aromatic carbocycles. The van der Waals surface area contributed by atoms with Gasteiger partial charge >= 0.3 is 0 Å². The molecule has 0 fully saturated rings. The van der Waals surface area contributed by atoms with Crippen LogP contribution in [0.1, 0.15) is 28.4 Å². The molecule has 1 heterocycles. The Morgan fingerprint density at radius 3 is 2.52 bits per heavy atom. The van der Waals surface area contributed by atoms with Crippen molar-refractivity contribution in [1.29, 1.82) is 0 Å². The second-order valence-electron chi connectivity index (χ2n) is 5.88. The Labute approximate surface area is 146 Å². The monoisotopic (exact) mass is 332 g/mol. The van der Waals surface area contributed by atoms with Gasteiger partial charge < -0.3 is 10.3 Å². The predicted octanol–water partition coefficient (Wildman–Crippen LogP) is 4.17. The van der Waals surface area contributed by atoms with Gasteiger partial charge in [0.2, 0.25) is 0 Å². The molecule has 0 saturated heterocycles. The first-order valence-corrected chi connectivity index (χ1v) is 8.28. The van der Waals surface area contributed by atoms with Crippen LogP contribution >= 0.6 is 0 Å². The highest BCUT2D eigenvalue weighted by molar-refractivity contribution is 6.09. The summed E-state index contributed by atoms with van der Waals surface area (Å²) in [4.78, 5) is 27.9. The maximum Gasteiger partial charge on any atom is 0.261 e. The molecular weight excluding hydrogens is 312 g/mol. The van der Waals surface area contributed by atoms with Crippen molar-refractivity contribution in [3.05, 3.63) is 87.8 Å². The van der Waals surface area contributed by atoms with Gasteiger partial charge in [-0.05, 0) is 36.1 Å². The van der Waals surface area contributed by atoms with Gasteiger partial charge in [0, 0.05) is 17.4 Å². The number of para-hydroxylation sites is 1. The summed E-state index contributed by atoms with van der Waals surface area (Å²) in [5.41, 5.74) is 3.97. The summed E-state index contributed by atoms with van der Waals surface area (Å²) in [6, 6.07) is 17.1. The van der Waals surface area contributed by atoms with E-state index in [1.54, 1.807) is 12.3 Å². The standard InChI is InChI=1S/C21H20N2O2/c1-3-15-11-7-8-14(2)19(15)23-21(25)18-17(12-13-22-20(18)24)16-9-5-4-6-10-16/h4-13H,3H2,1-2H3,(H,22,24)(H,23,25). The van der Waals surface area contributed by atoms with Crippen LogP contribution in [0.2, 0.25) is 0 Å². The zero-order valence-corrected chi connectivity index (χ0v) is 14.3. The zero-order valence-electron chi connectivity index (χ0n) is 14.3. The van der Waals surface area contributed by atoms with Gasteiger partial charge in [0.15, 0.2) is 0 Å². The molecule has 0 bridgehead atoms. The summed E-state index contributed by atoms with van der Waals surface area (Å²) >= 11 is 0. The molecule has 3 aromatic rings. The Kier molecular flexibility index (Phi) is 4.80. The number of amides is 1. The minimum atomic E-state index is -0.398. The second kappa shape index (κ2) is 7.18. The highest BCUT2D eigenvalue weighted by atomic mass is 16.2. The molecule has 0 aliphatic rings. The van der Waals surface area contributed by atoms with Crippen molar-refractivity contribution in [2.45, 2.75) is 20.3 Å². The molecular formula is C21H20N2O2. The summed E-state index contributed by atoms with van der Waals surface area (Å²) < 4.78 is 0. The number of hydrogen-bond donors (Lipinski definition) is 2. The lowest BCUT2D eigenvalue weighted by molar-refractivity contribution is 0.102. The number of carbonyl (C=O) groups excluding carboxylic acids is 1. The highest BCUT2D eigenvalue weighted by Crippen LogP contribution is 2.24. The zero-order chi connectivity index (χ0) is 17.8. The number of hydrogen-bond acceptors (Lipinski definition) is 2. The van der Waals surface area contributed by atoms with Crippen molar-refractivity contribution in [2.75, 3.05) is 5.32 Å². The minimum absolute atomic E-state index is 0.124. The normalized spacial score (nSPS) is 10.5. The Balaban J connectivity index is 2.06. The number of anilines is 1. The van der Waals surface area contributed by atoms with E-state index >= 15 is 0 Å². The lowest BCUT2D eigenvalue weighted by Gasteiger charge is -2.14. The van der Waals surface area contributed by atoms with Crippen LogP contribution in [0.3, 0.4) is 0 Å². The quantitative estimate of drug-likeness (QED) is 0.753. The number of aromatic amines is 1. The van der Waals surface area contributed by atoms with Crippen molar-refractivity contribution in [1.82, 2.24) is 4.98 Å². The van der Waals surface area contributed by atoms with Crippen LogP contribution in [0.4, 0.5) is 5.69 Å². The van der Waals surface area contributed by atoms with Gasteiger partial charge in [-0.15, -0.1) is 0 Å².